The molecule has 0 spiro atoms. The van der Waals surface area contributed by atoms with Crippen LogP contribution in [0.1, 0.15) is 18.9 Å². The number of hydrogen-bond acceptors (Lipinski definition) is 4. The van der Waals surface area contributed by atoms with Crippen LogP contribution < -0.4 is 4.74 Å². The number of carboxylic acid groups (broad SMARTS) is 2. The standard InChI is InChI=1S/C16H18ClNO5/c1-2-23-12-4-3-10(5-11(12)17)6-18-8-15(13(19)20)7-16(15,9-18)14(21)22/h3-5H,2,6-9H2,1H3,(H,19,20)(H,21,22)/t15-,16+. The van der Waals surface area contributed by atoms with E-state index in [1.54, 1.807) is 12.1 Å². The maximum atomic E-state index is 11.5. The molecular weight excluding hydrogens is 322 g/mol. The molecule has 1 aliphatic heterocycles. The number of benzene rings is 1. The van der Waals surface area contributed by atoms with Crippen LogP contribution in [0.3, 0.4) is 0 Å². The van der Waals surface area contributed by atoms with E-state index in [0.717, 1.165) is 5.56 Å². The van der Waals surface area contributed by atoms with Gasteiger partial charge in [-0.2, -0.15) is 0 Å². The second-order valence-electron chi connectivity index (χ2n) is 6.29. The first-order valence-corrected chi connectivity index (χ1v) is 7.83. The van der Waals surface area contributed by atoms with Crippen molar-refractivity contribution in [2.75, 3.05) is 19.7 Å². The smallest absolute Gasteiger partial charge is 0.312 e. The number of aliphatic carboxylic acids is 2. The Bertz CT molecular complexity index is 650. The van der Waals surface area contributed by atoms with E-state index in [4.69, 9.17) is 16.3 Å². The summed E-state index contributed by atoms with van der Waals surface area (Å²) in [4.78, 5) is 24.9. The fourth-order valence-corrected chi connectivity index (χ4v) is 3.94. The topological polar surface area (TPSA) is 87.1 Å². The number of fused-ring (bicyclic) bond motifs is 1. The molecule has 1 saturated carbocycles. The fourth-order valence-electron chi connectivity index (χ4n) is 3.69. The zero-order valence-electron chi connectivity index (χ0n) is 12.7. The fraction of sp³-hybridized carbons (Fsp3) is 0.500. The van der Waals surface area contributed by atoms with Crippen LogP contribution >= 0.6 is 11.6 Å². The second kappa shape index (κ2) is 5.39. The van der Waals surface area contributed by atoms with Gasteiger partial charge in [0.25, 0.3) is 0 Å². The van der Waals surface area contributed by atoms with Gasteiger partial charge in [0.2, 0.25) is 0 Å². The Balaban J connectivity index is 1.75. The van der Waals surface area contributed by atoms with Gasteiger partial charge in [0.1, 0.15) is 5.75 Å². The molecule has 0 amide bonds. The summed E-state index contributed by atoms with van der Waals surface area (Å²) in [6.45, 7) is 3.36. The number of likely N-dealkylation sites (tertiary alicyclic amines) is 1. The van der Waals surface area contributed by atoms with Gasteiger partial charge in [0, 0.05) is 19.6 Å². The van der Waals surface area contributed by atoms with Gasteiger partial charge < -0.3 is 14.9 Å². The minimum Gasteiger partial charge on any atom is -0.492 e. The van der Waals surface area contributed by atoms with Crippen molar-refractivity contribution in [2.45, 2.75) is 19.9 Å². The van der Waals surface area contributed by atoms with Crippen LogP contribution in [-0.2, 0) is 16.1 Å². The van der Waals surface area contributed by atoms with Gasteiger partial charge in [-0.3, -0.25) is 14.5 Å². The number of carbonyl (C=O) groups is 2. The van der Waals surface area contributed by atoms with E-state index < -0.39 is 22.8 Å². The maximum Gasteiger partial charge on any atom is 0.312 e. The van der Waals surface area contributed by atoms with Crippen molar-refractivity contribution in [2.24, 2.45) is 10.8 Å². The Hall–Kier alpha value is -1.79. The van der Waals surface area contributed by atoms with Gasteiger partial charge in [-0.25, -0.2) is 0 Å². The van der Waals surface area contributed by atoms with E-state index in [2.05, 4.69) is 0 Å². The molecule has 1 heterocycles. The van der Waals surface area contributed by atoms with E-state index in [9.17, 15) is 19.8 Å². The van der Waals surface area contributed by atoms with Crippen LogP contribution in [-0.4, -0.2) is 46.7 Å². The van der Waals surface area contributed by atoms with Crippen LogP contribution in [0.5, 0.6) is 5.75 Å². The van der Waals surface area contributed by atoms with E-state index in [0.29, 0.717) is 23.9 Å². The molecule has 7 heteroatoms. The molecule has 124 valence electrons. The zero-order chi connectivity index (χ0) is 16.8. The maximum absolute atomic E-state index is 11.5. The summed E-state index contributed by atoms with van der Waals surface area (Å²) < 4.78 is 5.38. The number of piperidine rings is 1. The molecule has 0 aromatic heterocycles. The Morgan fingerprint density at radius 2 is 1.87 bits per heavy atom. The van der Waals surface area contributed by atoms with Crippen LogP contribution in [0, 0.1) is 10.8 Å². The van der Waals surface area contributed by atoms with E-state index >= 15 is 0 Å². The Morgan fingerprint density at radius 3 is 2.35 bits per heavy atom. The van der Waals surface area contributed by atoms with E-state index in [1.807, 2.05) is 17.9 Å². The minimum atomic E-state index is -1.14. The predicted molar refractivity (Wildman–Crippen MR) is 82.7 cm³/mol. The molecule has 1 aromatic carbocycles. The summed E-state index contributed by atoms with van der Waals surface area (Å²) in [5.74, 6) is -1.44. The first-order valence-electron chi connectivity index (χ1n) is 7.45. The van der Waals surface area contributed by atoms with Crippen LogP contribution in [0.2, 0.25) is 5.02 Å². The molecular formula is C16H18ClNO5. The lowest BCUT2D eigenvalue weighted by Gasteiger charge is -2.20. The largest absolute Gasteiger partial charge is 0.492 e. The molecule has 0 unspecified atom stereocenters. The van der Waals surface area contributed by atoms with Crippen LogP contribution in [0.4, 0.5) is 0 Å². The van der Waals surface area contributed by atoms with Crippen molar-refractivity contribution in [3.63, 3.8) is 0 Å². The molecule has 3 rings (SSSR count). The highest BCUT2D eigenvalue weighted by atomic mass is 35.5. The van der Waals surface area contributed by atoms with Crippen molar-refractivity contribution in [1.82, 2.24) is 4.90 Å². The number of nitrogens with zero attached hydrogens (tertiary/aromatic N) is 1. The van der Waals surface area contributed by atoms with Crippen LogP contribution in [0.25, 0.3) is 0 Å². The average Bonchev–Trinajstić information content (AvgIpc) is 3.02. The molecule has 2 N–H and O–H groups in total. The monoisotopic (exact) mass is 339 g/mol. The Labute approximate surface area is 138 Å². The molecule has 1 saturated heterocycles. The summed E-state index contributed by atoms with van der Waals surface area (Å²) in [5.41, 5.74) is -1.39. The first-order chi connectivity index (χ1) is 10.8. The van der Waals surface area contributed by atoms with Crippen LogP contribution in [0.15, 0.2) is 18.2 Å². The molecule has 23 heavy (non-hydrogen) atoms. The molecule has 2 atom stereocenters. The summed E-state index contributed by atoms with van der Waals surface area (Å²) >= 11 is 6.15. The van der Waals surface area contributed by atoms with E-state index in [-0.39, 0.29) is 19.5 Å². The molecule has 2 fully saturated rings. The number of ether oxygens (including phenoxy) is 1. The number of rotatable bonds is 6. The number of hydrogen-bond donors (Lipinski definition) is 2. The van der Waals surface area contributed by atoms with E-state index in [1.165, 1.54) is 0 Å². The van der Waals surface area contributed by atoms with Gasteiger partial charge in [0.15, 0.2) is 0 Å². The lowest BCUT2D eigenvalue weighted by molar-refractivity contribution is -0.151. The summed E-state index contributed by atoms with van der Waals surface area (Å²) in [5, 5.41) is 19.3. The predicted octanol–water partition coefficient (Wildman–Crippen LogP) is 2.10. The molecule has 0 radical (unpaired) electrons. The quantitative estimate of drug-likeness (QED) is 0.825. The Kier molecular flexibility index (Phi) is 3.77. The number of carboxylic acids is 2. The highest BCUT2D eigenvalue weighted by molar-refractivity contribution is 6.32. The van der Waals surface area contributed by atoms with Gasteiger partial charge in [-0.05, 0) is 31.0 Å². The molecule has 0 bridgehead atoms. The summed E-state index contributed by atoms with van der Waals surface area (Å²) in [7, 11) is 0. The van der Waals surface area contributed by atoms with Crippen molar-refractivity contribution in [1.29, 1.82) is 0 Å². The first kappa shape index (κ1) is 16.1. The molecule has 1 aromatic rings. The third kappa shape index (κ3) is 2.37. The second-order valence-corrected chi connectivity index (χ2v) is 6.70. The SMILES string of the molecule is CCOc1ccc(CN2C[C@@]3(C(=O)O)C[C@@]3(C(=O)O)C2)cc1Cl. The normalized spacial score (nSPS) is 29.1. The van der Waals surface area contributed by atoms with Gasteiger partial charge in [0.05, 0.1) is 22.5 Å². The summed E-state index contributed by atoms with van der Waals surface area (Å²) in [6, 6.07) is 5.41. The molecule has 1 aliphatic carbocycles. The van der Waals surface area contributed by atoms with Crippen molar-refractivity contribution >= 4 is 23.5 Å². The Morgan fingerprint density at radius 1 is 1.26 bits per heavy atom. The zero-order valence-corrected chi connectivity index (χ0v) is 13.5. The van der Waals surface area contributed by atoms with Crippen molar-refractivity contribution < 1.29 is 24.5 Å². The minimum absolute atomic E-state index is 0.213. The lowest BCUT2D eigenvalue weighted by atomic mass is 9.97. The van der Waals surface area contributed by atoms with Crippen molar-refractivity contribution in [3.8, 4) is 5.75 Å². The van der Waals surface area contributed by atoms with Gasteiger partial charge in [-0.1, -0.05) is 17.7 Å². The highest BCUT2D eigenvalue weighted by Gasteiger charge is 2.80. The number of halogens is 1. The third-order valence-electron chi connectivity index (χ3n) is 4.90. The van der Waals surface area contributed by atoms with Gasteiger partial charge >= 0.3 is 11.9 Å². The average molecular weight is 340 g/mol. The summed E-state index contributed by atoms with van der Waals surface area (Å²) in [6.07, 6.45) is 0.213. The van der Waals surface area contributed by atoms with Gasteiger partial charge in [-0.15, -0.1) is 0 Å². The third-order valence-corrected chi connectivity index (χ3v) is 5.20. The molecule has 2 aliphatic rings. The van der Waals surface area contributed by atoms with Crippen molar-refractivity contribution in [3.05, 3.63) is 28.8 Å². The highest BCUT2D eigenvalue weighted by Crippen LogP contribution is 2.68. The lowest BCUT2D eigenvalue weighted by Crippen LogP contribution is -2.28. The molecule has 6 nitrogen and oxygen atoms in total.